The molecule has 1 unspecified atom stereocenters. The summed E-state index contributed by atoms with van der Waals surface area (Å²) < 4.78 is 0. The van der Waals surface area contributed by atoms with Gasteiger partial charge in [0.1, 0.15) is 6.04 Å². The van der Waals surface area contributed by atoms with Crippen LogP contribution in [0.25, 0.3) is 11.4 Å². The second-order valence-corrected chi connectivity index (χ2v) is 8.89. The summed E-state index contributed by atoms with van der Waals surface area (Å²) >= 11 is 0. The number of aromatic nitrogens is 3. The molecule has 3 aromatic rings. The molecule has 0 saturated carbocycles. The Labute approximate surface area is 188 Å². The van der Waals surface area contributed by atoms with Gasteiger partial charge in [-0.2, -0.15) is 15.0 Å². The first kappa shape index (κ1) is 23.1. The molecule has 3 rings (SSSR count). The number of nitrogen functional groups attached to an aromatic ring is 1. The molecule has 0 bridgehead atoms. The summed E-state index contributed by atoms with van der Waals surface area (Å²) in [7, 11) is 0. The van der Waals surface area contributed by atoms with Gasteiger partial charge in [-0.1, -0.05) is 69.3 Å². The molecular weight excluding hydrogens is 404 g/mol. The van der Waals surface area contributed by atoms with E-state index in [-0.39, 0.29) is 23.8 Å². The number of nitrogens with two attached hydrogens (primary N) is 2. The zero-order chi connectivity index (χ0) is 23.5. The maximum absolute atomic E-state index is 11.0. The van der Waals surface area contributed by atoms with Crippen LogP contribution in [0.2, 0.25) is 0 Å². The molecule has 0 aliphatic carbocycles. The normalized spacial score (nSPS) is 13.4. The molecular formula is C24H30N6O2. The van der Waals surface area contributed by atoms with Crippen molar-refractivity contribution in [2.45, 2.75) is 51.6 Å². The van der Waals surface area contributed by atoms with Gasteiger partial charge in [0.05, 0.1) is 6.04 Å². The number of carboxylic acid groups (broad SMARTS) is 1. The van der Waals surface area contributed by atoms with Crippen LogP contribution >= 0.6 is 0 Å². The van der Waals surface area contributed by atoms with Crippen LogP contribution < -0.4 is 16.8 Å². The standard InChI is InChI=1S/C24H30N6O2/c1-14(17-7-5-6-8-18(17)24(2,3)4)27-23-29-20(28-22(26)30-23)16-11-9-15(10-12-16)13-19(25)21(31)32/h5-12,14,19H,13,25H2,1-4H3,(H,31,32)(H3,26,27,28,29,30)/t14?,19-/m0/s1. The Hall–Kier alpha value is -3.52. The molecule has 6 N–H and O–H groups in total. The van der Waals surface area contributed by atoms with Gasteiger partial charge in [0.25, 0.3) is 0 Å². The van der Waals surface area contributed by atoms with E-state index in [0.29, 0.717) is 11.8 Å². The van der Waals surface area contributed by atoms with Gasteiger partial charge < -0.3 is 21.9 Å². The van der Waals surface area contributed by atoms with Gasteiger partial charge in [-0.15, -0.1) is 0 Å². The largest absolute Gasteiger partial charge is 0.480 e. The molecule has 8 nitrogen and oxygen atoms in total. The van der Waals surface area contributed by atoms with Crippen LogP contribution in [-0.4, -0.2) is 32.1 Å². The van der Waals surface area contributed by atoms with E-state index >= 15 is 0 Å². The smallest absolute Gasteiger partial charge is 0.320 e. The summed E-state index contributed by atoms with van der Waals surface area (Å²) in [5, 5.41) is 12.3. The third-order valence-corrected chi connectivity index (χ3v) is 5.22. The lowest BCUT2D eigenvalue weighted by molar-refractivity contribution is -0.138. The van der Waals surface area contributed by atoms with Crippen LogP contribution in [0.4, 0.5) is 11.9 Å². The monoisotopic (exact) mass is 434 g/mol. The van der Waals surface area contributed by atoms with Crippen LogP contribution in [0.1, 0.15) is 50.4 Å². The molecule has 0 amide bonds. The van der Waals surface area contributed by atoms with E-state index in [4.69, 9.17) is 16.6 Å². The van der Waals surface area contributed by atoms with Crippen molar-refractivity contribution in [1.82, 2.24) is 15.0 Å². The minimum absolute atomic E-state index is 0.000738. The van der Waals surface area contributed by atoms with Crippen LogP contribution in [0, 0.1) is 0 Å². The second kappa shape index (κ2) is 9.32. The van der Waals surface area contributed by atoms with Crippen molar-refractivity contribution < 1.29 is 9.90 Å². The Morgan fingerprint density at radius 3 is 2.34 bits per heavy atom. The first-order valence-corrected chi connectivity index (χ1v) is 10.5. The first-order chi connectivity index (χ1) is 15.0. The van der Waals surface area contributed by atoms with Crippen molar-refractivity contribution in [1.29, 1.82) is 0 Å². The van der Waals surface area contributed by atoms with Crippen molar-refractivity contribution in [2.75, 3.05) is 11.1 Å². The average Bonchev–Trinajstić information content (AvgIpc) is 2.73. The summed E-state index contributed by atoms with van der Waals surface area (Å²) in [6.45, 7) is 8.62. The Bertz CT molecular complexity index is 1090. The molecule has 0 aliphatic heterocycles. The van der Waals surface area contributed by atoms with Crippen molar-refractivity contribution in [3.8, 4) is 11.4 Å². The number of benzene rings is 2. The molecule has 0 fully saturated rings. The highest BCUT2D eigenvalue weighted by atomic mass is 16.4. The highest BCUT2D eigenvalue weighted by Crippen LogP contribution is 2.31. The van der Waals surface area contributed by atoms with E-state index in [2.05, 4.69) is 60.1 Å². The number of nitrogens with zero attached hydrogens (tertiary/aromatic N) is 3. The molecule has 168 valence electrons. The van der Waals surface area contributed by atoms with Crippen molar-refractivity contribution in [3.05, 3.63) is 65.2 Å². The minimum atomic E-state index is -1.03. The van der Waals surface area contributed by atoms with E-state index in [1.165, 1.54) is 11.1 Å². The number of hydrogen-bond acceptors (Lipinski definition) is 7. The van der Waals surface area contributed by atoms with Crippen molar-refractivity contribution in [2.24, 2.45) is 5.73 Å². The molecule has 0 aliphatic rings. The minimum Gasteiger partial charge on any atom is -0.480 e. The lowest BCUT2D eigenvalue weighted by atomic mass is 9.82. The van der Waals surface area contributed by atoms with E-state index in [9.17, 15) is 4.79 Å². The number of carboxylic acids is 1. The lowest BCUT2D eigenvalue weighted by Crippen LogP contribution is -2.32. The highest BCUT2D eigenvalue weighted by molar-refractivity contribution is 5.73. The van der Waals surface area contributed by atoms with Gasteiger partial charge >= 0.3 is 5.97 Å². The van der Waals surface area contributed by atoms with Crippen LogP contribution in [0.5, 0.6) is 0 Å². The highest BCUT2D eigenvalue weighted by Gasteiger charge is 2.21. The number of rotatable bonds is 7. The van der Waals surface area contributed by atoms with Gasteiger partial charge in [-0.25, -0.2) is 0 Å². The fourth-order valence-electron chi connectivity index (χ4n) is 3.55. The predicted octanol–water partition coefficient (Wildman–Crippen LogP) is 3.55. The van der Waals surface area contributed by atoms with Crippen LogP contribution in [-0.2, 0) is 16.6 Å². The first-order valence-electron chi connectivity index (χ1n) is 10.5. The Balaban J connectivity index is 1.83. The zero-order valence-electron chi connectivity index (χ0n) is 18.8. The lowest BCUT2D eigenvalue weighted by Gasteiger charge is -2.26. The molecule has 0 saturated heterocycles. The van der Waals surface area contributed by atoms with Gasteiger partial charge in [-0.05, 0) is 35.4 Å². The molecule has 1 heterocycles. The predicted molar refractivity (Wildman–Crippen MR) is 126 cm³/mol. The molecule has 0 radical (unpaired) electrons. The van der Waals surface area contributed by atoms with E-state index in [1.807, 2.05) is 36.4 Å². The topological polar surface area (TPSA) is 140 Å². The fraction of sp³-hybridized carbons (Fsp3) is 0.333. The third kappa shape index (κ3) is 5.59. The number of carbonyl (C=O) groups is 1. The molecule has 1 aromatic heterocycles. The average molecular weight is 435 g/mol. The van der Waals surface area contributed by atoms with E-state index < -0.39 is 12.0 Å². The van der Waals surface area contributed by atoms with Gasteiger partial charge in [0.2, 0.25) is 11.9 Å². The molecule has 32 heavy (non-hydrogen) atoms. The number of anilines is 2. The molecule has 2 atom stereocenters. The van der Waals surface area contributed by atoms with Gasteiger partial charge in [0.15, 0.2) is 5.82 Å². The molecule has 0 spiro atoms. The van der Waals surface area contributed by atoms with Crippen LogP contribution in [0.15, 0.2) is 48.5 Å². The van der Waals surface area contributed by atoms with Crippen LogP contribution in [0.3, 0.4) is 0 Å². The van der Waals surface area contributed by atoms with E-state index in [1.54, 1.807) is 0 Å². The maximum atomic E-state index is 11.0. The molecule has 2 aromatic carbocycles. The van der Waals surface area contributed by atoms with E-state index in [0.717, 1.165) is 11.1 Å². The van der Waals surface area contributed by atoms with Crippen molar-refractivity contribution in [3.63, 3.8) is 0 Å². The summed E-state index contributed by atoms with van der Waals surface area (Å²) in [6.07, 6.45) is 0.243. The number of hydrogen-bond donors (Lipinski definition) is 4. The van der Waals surface area contributed by atoms with Gasteiger partial charge in [-0.3, -0.25) is 4.79 Å². The van der Waals surface area contributed by atoms with Gasteiger partial charge in [0, 0.05) is 5.56 Å². The zero-order valence-corrected chi connectivity index (χ0v) is 18.8. The van der Waals surface area contributed by atoms with Crippen molar-refractivity contribution >= 4 is 17.9 Å². The second-order valence-electron chi connectivity index (χ2n) is 8.89. The summed E-state index contributed by atoms with van der Waals surface area (Å²) in [4.78, 5) is 24.0. The third-order valence-electron chi connectivity index (χ3n) is 5.22. The number of nitrogens with one attached hydrogen (secondary N) is 1. The quantitative estimate of drug-likeness (QED) is 0.442. The summed E-state index contributed by atoms with van der Waals surface area (Å²) in [5.41, 5.74) is 15.5. The Kier molecular flexibility index (Phi) is 6.74. The maximum Gasteiger partial charge on any atom is 0.320 e. The SMILES string of the molecule is CC(Nc1nc(N)nc(-c2ccc(C[C@H](N)C(=O)O)cc2)n1)c1ccccc1C(C)(C)C. The summed E-state index contributed by atoms with van der Waals surface area (Å²) in [6, 6.07) is 14.6. The fourth-order valence-corrected chi connectivity index (χ4v) is 3.55. The summed E-state index contributed by atoms with van der Waals surface area (Å²) in [5.74, 6) is -0.0888. The Morgan fingerprint density at radius 1 is 1.06 bits per heavy atom. The molecule has 8 heteroatoms. The Morgan fingerprint density at radius 2 is 1.72 bits per heavy atom. The number of aliphatic carboxylic acids is 1.